The van der Waals surface area contributed by atoms with Crippen LogP contribution in [0.25, 0.3) is 10.8 Å². The zero-order valence-electron chi connectivity index (χ0n) is 18.2. The number of ketones is 2. The van der Waals surface area contributed by atoms with Crippen LogP contribution in [0.4, 0.5) is 0 Å². The average Bonchev–Trinajstić information content (AvgIpc) is 2.87. The highest BCUT2D eigenvalue weighted by Gasteiger charge is 2.33. The molecule has 4 aromatic rings. The molecule has 0 atom stereocenters. The molecule has 5 rings (SSSR count). The third-order valence-electron chi connectivity index (χ3n) is 5.83. The molecule has 34 heavy (non-hydrogen) atoms. The van der Waals surface area contributed by atoms with Crippen LogP contribution < -0.4 is 10.1 Å². The van der Waals surface area contributed by atoms with Gasteiger partial charge in [0, 0.05) is 34.4 Å². The Morgan fingerprint density at radius 3 is 2.24 bits per heavy atom. The number of rotatable bonds is 6. The topological polar surface area (TPSA) is 72.5 Å². The second-order valence-corrected chi connectivity index (χ2v) is 8.50. The summed E-state index contributed by atoms with van der Waals surface area (Å²) in [5, 5.41) is 4.35. The second kappa shape index (κ2) is 9.15. The molecule has 0 unspecified atom stereocenters. The minimum atomic E-state index is -0.233. The van der Waals surface area contributed by atoms with Crippen molar-refractivity contribution in [2.75, 3.05) is 12.3 Å². The van der Waals surface area contributed by atoms with E-state index in [4.69, 9.17) is 4.74 Å². The lowest BCUT2D eigenvalue weighted by Crippen LogP contribution is -2.26. The van der Waals surface area contributed by atoms with E-state index in [2.05, 4.69) is 17.9 Å². The van der Waals surface area contributed by atoms with E-state index < -0.39 is 0 Å². The molecule has 4 aromatic carbocycles. The first kappa shape index (κ1) is 21.9. The highest BCUT2D eigenvalue weighted by atomic mass is 32.1. The van der Waals surface area contributed by atoms with E-state index >= 15 is 0 Å². The van der Waals surface area contributed by atoms with Crippen LogP contribution in [0.1, 0.15) is 37.4 Å². The summed E-state index contributed by atoms with van der Waals surface area (Å²) in [6, 6.07) is 23.3. The fraction of sp³-hybridized carbons (Fsp3) is 0.107. The lowest BCUT2D eigenvalue weighted by molar-refractivity contribution is -0.120. The van der Waals surface area contributed by atoms with Crippen molar-refractivity contribution in [2.24, 2.45) is 0 Å². The predicted octanol–water partition coefficient (Wildman–Crippen LogP) is 5.00. The van der Waals surface area contributed by atoms with Crippen molar-refractivity contribution in [3.63, 3.8) is 0 Å². The minimum Gasteiger partial charge on any atom is -0.456 e. The van der Waals surface area contributed by atoms with Crippen LogP contribution in [0, 0.1) is 0 Å². The number of nitrogens with one attached hydrogen (secondary N) is 1. The number of hydrogen-bond acceptors (Lipinski definition) is 5. The zero-order chi connectivity index (χ0) is 23.7. The summed E-state index contributed by atoms with van der Waals surface area (Å²) in [6.07, 6.45) is 0.251. The monoisotopic (exact) mass is 467 g/mol. The predicted molar refractivity (Wildman–Crippen MR) is 134 cm³/mol. The van der Waals surface area contributed by atoms with Gasteiger partial charge in [-0.25, -0.2) is 0 Å². The normalized spacial score (nSPS) is 12.3. The van der Waals surface area contributed by atoms with Gasteiger partial charge in [-0.2, -0.15) is 12.6 Å². The third kappa shape index (κ3) is 3.97. The molecule has 0 radical (unpaired) electrons. The fourth-order valence-electron chi connectivity index (χ4n) is 4.22. The Bertz CT molecular complexity index is 1440. The van der Waals surface area contributed by atoms with E-state index in [1.165, 1.54) is 0 Å². The van der Waals surface area contributed by atoms with Crippen molar-refractivity contribution in [2.45, 2.75) is 6.42 Å². The number of carbonyl (C=O) groups excluding carboxylic acids is 3. The maximum Gasteiger partial charge on any atom is 0.224 e. The number of fused-ring (bicyclic) bond motifs is 3. The number of amides is 1. The third-order valence-corrected chi connectivity index (χ3v) is 6.06. The average molecular weight is 468 g/mol. The van der Waals surface area contributed by atoms with Gasteiger partial charge in [-0.05, 0) is 29.1 Å². The molecule has 0 heterocycles. The van der Waals surface area contributed by atoms with E-state index in [-0.39, 0.29) is 29.5 Å². The van der Waals surface area contributed by atoms with Crippen molar-refractivity contribution >= 4 is 40.9 Å². The fourth-order valence-corrected chi connectivity index (χ4v) is 4.33. The first-order valence-electron chi connectivity index (χ1n) is 11.0. The van der Waals surface area contributed by atoms with Gasteiger partial charge in [0.05, 0.1) is 12.0 Å². The number of carbonyl (C=O) groups is 3. The number of benzene rings is 4. The van der Waals surface area contributed by atoms with Crippen molar-refractivity contribution < 1.29 is 19.1 Å². The number of thiol groups is 1. The highest BCUT2D eigenvalue weighted by molar-refractivity contribution is 7.80. The van der Waals surface area contributed by atoms with Gasteiger partial charge in [0.15, 0.2) is 11.6 Å². The van der Waals surface area contributed by atoms with Crippen LogP contribution in [0.15, 0.2) is 78.9 Å². The van der Waals surface area contributed by atoms with Gasteiger partial charge < -0.3 is 10.1 Å². The lowest BCUT2D eigenvalue weighted by atomic mass is 9.82. The molecule has 0 aliphatic heterocycles. The van der Waals surface area contributed by atoms with Gasteiger partial charge in [-0.1, -0.05) is 60.7 Å². The maximum atomic E-state index is 13.5. The molecule has 0 aromatic heterocycles. The molecule has 0 fully saturated rings. The lowest BCUT2D eigenvalue weighted by Gasteiger charge is -2.22. The quantitative estimate of drug-likeness (QED) is 0.345. The molecular formula is C28H21NO4S. The summed E-state index contributed by atoms with van der Waals surface area (Å²) in [4.78, 5) is 38.7. The van der Waals surface area contributed by atoms with Crippen LogP contribution in [0.2, 0.25) is 0 Å². The summed E-state index contributed by atoms with van der Waals surface area (Å²) in [5.74, 6) is 0.956. The largest absolute Gasteiger partial charge is 0.456 e. The Hall–Kier alpha value is -3.90. The molecule has 1 aliphatic carbocycles. The molecule has 0 bridgehead atoms. The summed E-state index contributed by atoms with van der Waals surface area (Å²) in [5.41, 5.74) is 2.24. The Morgan fingerprint density at radius 2 is 1.50 bits per heavy atom. The summed E-state index contributed by atoms with van der Waals surface area (Å²) >= 11 is 4.09. The summed E-state index contributed by atoms with van der Waals surface area (Å²) in [7, 11) is 0. The summed E-state index contributed by atoms with van der Waals surface area (Å²) in [6.45, 7) is 0.519. The molecule has 0 saturated heterocycles. The van der Waals surface area contributed by atoms with Crippen molar-refractivity contribution in [1.82, 2.24) is 5.32 Å². The molecule has 6 heteroatoms. The van der Waals surface area contributed by atoms with Gasteiger partial charge in [-0.15, -0.1) is 0 Å². The van der Waals surface area contributed by atoms with E-state index in [1.807, 2.05) is 36.4 Å². The van der Waals surface area contributed by atoms with Gasteiger partial charge in [0.2, 0.25) is 5.91 Å². The SMILES string of the molecule is O=C(Cc1ccc(Oc2c3c(cc4ccccc24)C(=O)c2ccccc2C3=O)cc1)NCCS. The molecule has 168 valence electrons. The van der Waals surface area contributed by atoms with Crippen LogP contribution >= 0.6 is 12.6 Å². The smallest absolute Gasteiger partial charge is 0.224 e. The first-order chi connectivity index (χ1) is 16.6. The molecule has 1 amide bonds. The van der Waals surface area contributed by atoms with Crippen molar-refractivity contribution in [3.8, 4) is 11.5 Å². The molecular weight excluding hydrogens is 446 g/mol. The van der Waals surface area contributed by atoms with Gasteiger partial charge >= 0.3 is 0 Å². The van der Waals surface area contributed by atoms with Crippen molar-refractivity contribution in [1.29, 1.82) is 0 Å². The van der Waals surface area contributed by atoms with Crippen LogP contribution in [-0.2, 0) is 11.2 Å². The van der Waals surface area contributed by atoms with E-state index in [1.54, 1.807) is 42.5 Å². The second-order valence-electron chi connectivity index (χ2n) is 8.05. The molecule has 0 spiro atoms. The Morgan fingerprint density at radius 1 is 0.824 bits per heavy atom. The number of hydrogen-bond donors (Lipinski definition) is 2. The molecule has 1 N–H and O–H groups in total. The summed E-state index contributed by atoms with van der Waals surface area (Å²) < 4.78 is 6.27. The van der Waals surface area contributed by atoms with E-state index in [0.29, 0.717) is 40.5 Å². The minimum absolute atomic E-state index is 0.0754. The van der Waals surface area contributed by atoms with Gasteiger partial charge in [0.25, 0.3) is 0 Å². The van der Waals surface area contributed by atoms with Crippen LogP contribution in [0.3, 0.4) is 0 Å². The zero-order valence-corrected chi connectivity index (χ0v) is 19.1. The van der Waals surface area contributed by atoms with Crippen LogP contribution in [-0.4, -0.2) is 29.8 Å². The Balaban J connectivity index is 1.55. The van der Waals surface area contributed by atoms with E-state index in [0.717, 1.165) is 16.3 Å². The van der Waals surface area contributed by atoms with E-state index in [9.17, 15) is 14.4 Å². The Labute approximate surface area is 202 Å². The number of ether oxygens (including phenoxy) is 1. The maximum absolute atomic E-state index is 13.5. The van der Waals surface area contributed by atoms with Crippen LogP contribution in [0.5, 0.6) is 11.5 Å². The van der Waals surface area contributed by atoms with Gasteiger partial charge in [0.1, 0.15) is 11.5 Å². The standard InChI is InChI=1S/C28H21NO4S/c30-24(29-13-14-34)15-17-9-11-19(12-10-17)33-28-20-6-2-1-5-18(20)16-23-25(28)27(32)22-8-4-3-7-21(22)26(23)31/h1-12,16,34H,13-15H2,(H,29,30). The van der Waals surface area contributed by atoms with Gasteiger partial charge in [-0.3, -0.25) is 14.4 Å². The molecule has 0 saturated carbocycles. The molecule has 1 aliphatic rings. The highest BCUT2D eigenvalue weighted by Crippen LogP contribution is 2.41. The molecule has 5 nitrogen and oxygen atoms in total. The Kier molecular flexibility index (Phi) is 5.90. The first-order valence-corrected chi connectivity index (χ1v) is 11.6. The van der Waals surface area contributed by atoms with Crippen molar-refractivity contribution in [3.05, 3.63) is 107 Å².